The summed E-state index contributed by atoms with van der Waals surface area (Å²) in [5.41, 5.74) is 5.85. The smallest absolute Gasteiger partial charge is 0.216 e. The van der Waals surface area contributed by atoms with Gasteiger partial charge >= 0.3 is 0 Å². The summed E-state index contributed by atoms with van der Waals surface area (Å²) in [7, 11) is 0. The highest BCUT2D eigenvalue weighted by atomic mass is 32.1. The monoisotopic (exact) mass is 402 g/mol. The number of nitrogens with zero attached hydrogens (tertiary/aromatic N) is 4. The van der Waals surface area contributed by atoms with Gasteiger partial charge in [-0.2, -0.15) is 0 Å². The second-order valence-corrected chi connectivity index (χ2v) is 8.75. The molecule has 0 spiro atoms. The van der Waals surface area contributed by atoms with E-state index in [1.54, 1.807) is 0 Å². The number of fused-ring (bicyclic) bond motifs is 6. The lowest BCUT2D eigenvalue weighted by Gasteiger charge is -2.00. The van der Waals surface area contributed by atoms with Crippen LogP contribution in [-0.2, 0) is 0 Å². The van der Waals surface area contributed by atoms with E-state index in [-0.39, 0.29) is 5.78 Å². The van der Waals surface area contributed by atoms with Gasteiger partial charge in [-0.05, 0) is 38.1 Å². The van der Waals surface area contributed by atoms with E-state index in [1.165, 1.54) is 22.7 Å². The number of ketones is 1. The lowest BCUT2D eigenvalue weighted by atomic mass is 10.2. The molecule has 0 radical (unpaired) electrons. The number of thiazole rings is 2. The zero-order valence-electron chi connectivity index (χ0n) is 15.1. The number of aromatic nitrogens is 4. The number of hydrogen-bond acceptors (Lipinski definition) is 5. The molecule has 136 valence electrons. The second kappa shape index (κ2) is 5.50. The van der Waals surface area contributed by atoms with Crippen LogP contribution in [0.4, 0.5) is 0 Å². The molecule has 7 heteroatoms. The first-order chi connectivity index (χ1) is 13.6. The molecule has 6 rings (SSSR count). The summed E-state index contributed by atoms with van der Waals surface area (Å²) in [4.78, 5) is 26.0. The van der Waals surface area contributed by atoms with Crippen molar-refractivity contribution >= 4 is 60.4 Å². The third-order valence-corrected chi connectivity index (χ3v) is 7.47. The molecule has 4 heterocycles. The fourth-order valence-corrected chi connectivity index (χ4v) is 6.09. The Balaban J connectivity index is 1.56. The molecule has 0 fully saturated rings. The van der Waals surface area contributed by atoms with Gasteiger partial charge in [0.15, 0.2) is 9.92 Å². The SMILES string of the molecule is Cc1c(C(=O)c2sc3nc4ccccc4n3c2C)sc2nc3ccccc3n12. The molecule has 0 N–H and O–H groups in total. The number of carbonyl (C=O) groups excluding carboxylic acids is 1. The normalized spacial score (nSPS) is 12.1. The van der Waals surface area contributed by atoms with E-state index < -0.39 is 0 Å². The van der Waals surface area contributed by atoms with Crippen molar-refractivity contribution in [1.29, 1.82) is 0 Å². The molecule has 2 aromatic carbocycles. The van der Waals surface area contributed by atoms with Gasteiger partial charge in [-0.3, -0.25) is 13.6 Å². The van der Waals surface area contributed by atoms with Gasteiger partial charge in [-0.25, -0.2) is 9.97 Å². The Morgan fingerprint density at radius 3 is 1.64 bits per heavy atom. The average Bonchev–Trinajstić information content (AvgIpc) is 3.41. The third kappa shape index (κ3) is 1.97. The van der Waals surface area contributed by atoms with Crippen molar-refractivity contribution in [3.05, 3.63) is 69.7 Å². The van der Waals surface area contributed by atoms with Crippen LogP contribution in [0.25, 0.3) is 32.0 Å². The Bertz CT molecular complexity index is 1450. The molecule has 28 heavy (non-hydrogen) atoms. The van der Waals surface area contributed by atoms with E-state index in [1.807, 2.05) is 62.4 Å². The Kier molecular flexibility index (Phi) is 3.14. The van der Waals surface area contributed by atoms with Crippen LogP contribution in [0.1, 0.15) is 25.9 Å². The average molecular weight is 403 g/mol. The van der Waals surface area contributed by atoms with Crippen molar-refractivity contribution in [1.82, 2.24) is 18.8 Å². The van der Waals surface area contributed by atoms with Crippen molar-refractivity contribution in [3.63, 3.8) is 0 Å². The lowest BCUT2D eigenvalue weighted by Crippen LogP contribution is -2.02. The van der Waals surface area contributed by atoms with Gasteiger partial charge in [-0.1, -0.05) is 46.9 Å². The first-order valence-electron chi connectivity index (χ1n) is 8.91. The number of hydrogen-bond donors (Lipinski definition) is 0. The highest BCUT2D eigenvalue weighted by Crippen LogP contribution is 2.33. The van der Waals surface area contributed by atoms with E-state index in [4.69, 9.17) is 0 Å². The maximum atomic E-state index is 13.4. The highest BCUT2D eigenvalue weighted by Gasteiger charge is 2.25. The molecule has 4 aromatic heterocycles. The minimum absolute atomic E-state index is 0.0502. The molecule has 5 nitrogen and oxygen atoms in total. The molecule has 0 unspecified atom stereocenters. The molecular formula is C21H14N4OS2. The zero-order chi connectivity index (χ0) is 19.0. The Hall–Kier alpha value is -3.03. The van der Waals surface area contributed by atoms with Gasteiger partial charge in [0, 0.05) is 11.4 Å². The number of benzene rings is 2. The van der Waals surface area contributed by atoms with Crippen molar-refractivity contribution in [3.8, 4) is 0 Å². The topological polar surface area (TPSA) is 51.7 Å². The van der Waals surface area contributed by atoms with Gasteiger partial charge in [-0.15, -0.1) is 0 Å². The fourth-order valence-electron chi connectivity index (χ4n) is 3.85. The quantitative estimate of drug-likeness (QED) is 0.371. The van der Waals surface area contributed by atoms with Crippen LogP contribution in [0.2, 0.25) is 0 Å². The lowest BCUT2D eigenvalue weighted by molar-refractivity contribution is 0.104. The van der Waals surface area contributed by atoms with Crippen LogP contribution in [0.5, 0.6) is 0 Å². The minimum atomic E-state index is 0.0502. The van der Waals surface area contributed by atoms with E-state index in [2.05, 4.69) is 18.8 Å². The summed E-state index contributed by atoms with van der Waals surface area (Å²) in [5.74, 6) is 0.0502. The van der Waals surface area contributed by atoms with Crippen LogP contribution >= 0.6 is 22.7 Å². The van der Waals surface area contributed by atoms with Crippen LogP contribution in [-0.4, -0.2) is 24.6 Å². The minimum Gasteiger partial charge on any atom is -0.287 e. The largest absolute Gasteiger partial charge is 0.287 e. The molecule has 0 amide bonds. The van der Waals surface area contributed by atoms with Crippen LogP contribution in [0.3, 0.4) is 0 Å². The maximum Gasteiger partial charge on any atom is 0.216 e. The second-order valence-electron chi connectivity index (χ2n) is 6.80. The predicted octanol–water partition coefficient (Wildman–Crippen LogP) is 5.26. The first-order valence-corrected chi connectivity index (χ1v) is 10.5. The van der Waals surface area contributed by atoms with E-state index in [0.717, 1.165) is 53.1 Å². The number of para-hydroxylation sites is 4. The fraction of sp³-hybridized carbons (Fsp3) is 0.0952. The maximum absolute atomic E-state index is 13.4. The number of rotatable bonds is 2. The molecular weight excluding hydrogens is 388 g/mol. The van der Waals surface area contributed by atoms with Gasteiger partial charge in [0.1, 0.15) is 0 Å². The summed E-state index contributed by atoms with van der Waals surface area (Å²) in [6.45, 7) is 3.99. The first kappa shape index (κ1) is 16.0. The summed E-state index contributed by atoms with van der Waals surface area (Å²) in [6.07, 6.45) is 0. The molecule has 0 atom stereocenters. The van der Waals surface area contributed by atoms with Crippen molar-refractivity contribution < 1.29 is 4.79 Å². The summed E-state index contributed by atoms with van der Waals surface area (Å²) in [6, 6.07) is 16.0. The van der Waals surface area contributed by atoms with Gasteiger partial charge in [0.05, 0.1) is 31.8 Å². The summed E-state index contributed by atoms with van der Waals surface area (Å²) in [5, 5.41) is 0. The number of aryl methyl sites for hydroxylation is 2. The van der Waals surface area contributed by atoms with Crippen LogP contribution < -0.4 is 0 Å². The highest BCUT2D eigenvalue weighted by molar-refractivity contribution is 7.22. The molecule has 0 aliphatic rings. The molecule has 0 aliphatic carbocycles. The van der Waals surface area contributed by atoms with Crippen LogP contribution in [0, 0.1) is 13.8 Å². The predicted molar refractivity (Wildman–Crippen MR) is 114 cm³/mol. The standard InChI is InChI=1S/C21H14N4OS2/c1-11-18(27-20-22-13-7-3-5-9-15(13)24(11)20)17(26)19-12(2)25-16-10-6-4-8-14(16)23-21(25)28-19/h3-10H,1-2H3. The van der Waals surface area contributed by atoms with Crippen molar-refractivity contribution in [2.45, 2.75) is 13.8 Å². The number of imidazole rings is 2. The zero-order valence-corrected chi connectivity index (χ0v) is 16.8. The van der Waals surface area contributed by atoms with Crippen LogP contribution in [0.15, 0.2) is 48.5 Å². The van der Waals surface area contributed by atoms with E-state index in [0.29, 0.717) is 0 Å². The third-order valence-electron chi connectivity index (χ3n) is 5.19. The molecule has 0 saturated carbocycles. The van der Waals surface area contributed by atoms with Gasteiger partial charge in [0.2, 0.25) is 5.78 Å². The summed E-state index contributed by atoms with van der Waals surface area (Å²) < 4.78 is 4.16. The number of carbonyl (C=O) groups is 1. The molecule has 0 saturated heterocycles. The van der Waals surface area contributed by atoms with E-state index >= 15 is 0 Å². The Morgan fingerprint density at radius 1 is 0.750 bits per heavy atom. The van der Waals surface area contributed by atoms with Gasteiger partial charge in [0.25, 0.3) is 0 Å². The van der Waals surface area contributed by atoms with E-state index in [9.17, 15) is 4.79 Å². The van der Waals surface area contributed by atoms with Crippen molar-refractivity contribution in [2.24, 2.45) is 0 Å². The molecule has 0 bridgehead atoms. The summed E-state index contributed by atoms with van der Waals surface area (Å²) >= 11 is 2.91. The van der Waals surface area contributed by atoms with Gasteiger partial charge < -0.3 is 0 Å². The Labute approximate surface area is 167 Å². The molecule has 0 aliphatic heterocycles. The Morgan fingerprint density at radius 2 is 1.18 bits per heavy atom. The molecule has 6 aromatic rings. The van der Waals surface area contributed by atoms with Crippen molar-refractivity contribution in [2.75, 3.05) is 0 Å².